The van der Waals surface area contributed by atoms with Crippen molar-refractivity contribution in [1.29, 1.82) is 0 Å². The third-order valence-corrected chi connectivity index (χ3v) is 2.25. The quantitative estimate of drug-likeness (QED) is 0.866. The van der Waals surface area contributed by atoms with Gasteiger partial charge in [0.2, 0.25) is 0 Å². The third-order valence-electron chi connectivity index (χ3n) is 1.64. The Bertz CT molecular complexity index is 261. The van der Waals surface area contributed by atoms with Crippen LogP contribution in [0.15, 0.2) is 10.7 Å². The number of alkyl halides is 1. The van der Waals surface area contributed by atoms with Gasteiger partial charge in [-0.15, -0.1) is 0 Å². The standard InChI is InChI=1S/C7H11BrFN3/c1-2-12-7(6(9)3-10)5(8)4-11-12/h4,6H,2-3,10H2,1H3. The van der Waals surface area contributed by atoms with E-state index in [1.165, 1.54) is 0 Å². The van der Waals surface area contributed by atoms with Crippen LogP contribution < -0.4 is 5.73 Å². The van der Waals surface area contributed by atoms with E-state index in [4.69, 9.17) is 5.73 Å². The van der Waals surface area contributed by atoms with Crippen LogP contribution >= 0.6 is 15.9 Å². The van der Waals surface area contributed by atoms with E-state index >= 15 is 0 Å². The number of hydrogen-bond acceptors (Lipinski definition) is 2. The van der Waals surface area contributed by atoms with Crippen molar-refractivity contribution in [3.63, 3.8) is 0 Å². The summed E-state index contributed by atoms with van der Waals surface area (Å²) >= 11 is 3.22. The summed E-state index contributed by atoms with van der Waals surface area (Å²) in [6.45, 7) is 2.55. The molecule has 1 aromatic heterocycles. The fourth-order valence-corrected chi connectivity index (χ4v) is 1.59. The van der Waals surface area contributed by atoms with Crippen molar-refractivity contribution < 1.29 is 4.39 Å². The van der Waals surface area contributed by atoms with Crippen molar-refractivity contribution in [3.8, 4) is 0 Å². The van der Waals surface area contributed by atoms with E-state index in [1.54, 1.807) is 10.9 Å². The minimum Gasteiger partial charge on any atom is -0.327 e. The van der Waals surface area contributed by atoms with Gasteiger partial charge in [-0.05, 0) is 22.9 Å². The Morgan fingerprint density at radius 2 is 2.50 bits per heavy atom. The molecule has 2 N–H and O–H groups in total. The number of nitrogens with two attached hydrogens (primary N) is 1. The second-order valence-electron chi connectivity index (χ2n) is 2.40. The summed E-state index contributed by atoms with van der Waals surface area (Å²) in [7, 11) is 0. The lowest BCUT2D eigenvalue weighted by Crippen LogP contribution is -2.13. The average molecular weight is 236 g/mol. The highest BCUT2D eigenvalue weighted by atomic mass is 79.9. The van der Waals surface area contributed by atoms with Gasteiger partial charge in [-0.25, -0.2) is 4.39 Å². The Morgan fingerprint density at radius 3 is 3.00 bits per heavy atom. The number of halogens is 2. The molecule has 5 heteroatoms. The lowest BCUT2D eigenvalue weighted by atomic mass is 10.3. The Morgan fingerprint density at radius 1 is 1.83 bits per heavy atom. The zero-order valence-electron chi connectivity index (χ0n) is 6.80. The molecular weight excluding hydrogens is 225 g/mol. The van der Waals surface area contributed by atoms with Crippen LogP contribution in [0.25, 0.3) is 0 Å². The highest BCUT2D eigenvalue weighted by Crippen LogP contribution is 2.24. The summed E-state index contributed by atoms with van der Waals surface area (Å²) < 4.78 is 15.5. The van der Waals surface area contributed by atoms with E-state index in [9.17, 15) is 4.39 Å². The molecule has 68 valence electrons. The Kier molecular flexibility index (Phi) is 3.22. The van der Waals surface area contributed by atoms with Crippen LogP contribution in [0.4, 0.5) is 4.39 Å². The van der Waals surface area contributed by atoms with Crippen molar-refractivity contribution in [2.24, 2.45) is 5.73 Å². The Labute approximate surface area is 78.9 Å². The van der Waals surface area contributed by atoms with E-state index < -0.39 is 6.17 Å². The molecule has 0 amide bonds. The molecule has 1 aromatic rings. The fraction of sp³-hybridized carbons (Fsp3) is 0.571. The molecule has 1 heterocycles. The van der Waals surface area contributed by atoms with E-state index in [0.717, 1.165) is 0 Å². The van der Waals surface area contributed by atoms with Crippen LogP contribution in [0, 0.1) is 0 Å². The summed E-state index contributed by atoms with van der Waals surface area (Å²) in [4.78, 5) is 0. The number of nitrogens with zero attached hydrogens (tertiary/aromatic N) is 2. The van der Waals surface area contributed by atoms with E-state index in [-0.39, 0.29) is 6.54 Å². The molecule has 1 unspecified atom stereocenters. The van der Waals surface area contributed by atoms with Crippen molar-refractivity contribution in [1.82, 2.24) is 9.78 Å². The maximum absolute atomic E-state index is 13.2. The van der Waals surface area contributed by atoms with Gasteiger partial charge >= 0.3 is 0 Å². The molecule has 12 heavy (non-hydrogen) atoms. The Balaban J connectivity index is 3.01. The molecule has 0 radical (unpaired) electrons. The van der Waals surface area contributed by atoms with Gasteiger partial charge in [-0.2, -0.15) is 5.10 Å². The van der Waals surface area contributed by atoms with Crippen molar-refractivity contribution >= 4 is 15.9 Å². The topological polar surface area (TPSA) is 43.8 Å². The molecule has 0 bridgehead atoms. The molecule has 0 spiro atoms. The maximum atomic E-state index is 13.2. The summed E-state index contributed by atoms with van der Waals surface area (Å²) in [5, 5.41) is 3.98. The highest BCUT2D eigenvalue weighted by Gasteiger charge is 2.16. The van der Waals surface area contributed by atoms with Gasteiger partial charge in [0.1, 0.15) is 0 Å². The smallest absolute Gasteiger partial charge is 0.155 e. The SMILES string of the molecule is CCn1ncc(Br)c1C(F)CN. The van der Waals surface area contributed by atoms with Crippen LogP contribution in [0.1, 0.15) is 18.8 Å². The molecule has 0 saturated carbocycles. The van der Waals surface area contributed by atoms with E-state index in [2.05, 4.69) is 21.0 Å². The normalized spacial score (nSPS) is 13.3. The third kappa shape index (κ3) is 1.67. The largest absolute Gasteiger partial charge is 0.327 e. The number of hydrogen-bond donors (Lipinski definition) is 1. The van der Waals surface area contributed by atoms with E-state index in [0.29, 0.717) is 16.7 Å². The van der Waals surface area contributed by atoms with Crippen LogP contribution in [0.2, 0.25) is 0 Å². The first kappa shape index (κ1) is 9.67. The first-order valence-corrected chi connectivity index (χ1v) is 4.55. The van der Waals surface area contributed by atoms with Gasteiger partial charge in [0.05, 0.1) is 16.4 Å². The molecule has 1 atom stereocenters. The average Bonchev–Trinajstić information content (AvgIpc) is 2.45. The van der Waals surface area contributed by atoms with Crippen molar-refractivity contribution in [3.05, 3.63) is 16.4 Å². The van der Waals surface area contributed by atoms with Crippen LogP contribution in [0.5, 0.6) is 0 Å². The monoisotopic (exact) mass is 235 g/mol. The summed E-state index contributed by atoms with van der Waals surface area (Å²) in [6.07, 6.45) is 0.447. The second kappa shape index (κ2) is 4.00. The molecular formula is C7H11BrFN3. The first-order valence-electron chi connectivity index (χ1n) is 3.76. The molecule has 0 aliphatic carbocycles. The maximum Gasteiger partial charge on any atom is 0.155 e. The minimum absolute atomic E-state index is 0.00963. The predicted octanol–water partition coefficient (Wildman–Crippen LogP) is 1.63. The molecule has 1 rings (SSSR count). The van der Waals surface area contributed by atoms with Crippen molar-refractivity contribution in [2.75, 3.05) is 6.54 Å². The summed E-state index contributed by atoms with van der Waals surface area (Å²) in [6, 6.07) is 0. The number of aromatic nitrogens is 2. The van der Waals surface area contributed by atoms with Crippen molar-refractivity contribution in [2.45, 2.75) is 19.6 Å². The van der Waals surface area contributed by atoms with Gasteiger partial charge in [0.15, 0.2) is 6.17 Å². The highest BCUT2D eigenvalue weighted by molar-refractivity contribution is 9.10. The molecule has 0 aromatic carbocycles. The zero-order chi connectivity index (χ0) is 9.14. The molecule has 0 aliphatic heterocycles. The summed E-state index contributed by atoms with van der Waals surface area (Å²) in [5.74, 6) is 0. The predicted molar refractivity (Wildman–Crippen MR) is 48.5 cm³/mol. The molecule has 0 aliphatic rings. The van der Waals surface area contributed by atoms with Gasteiger partial charge in [-0.3, -0.25) is 4.68 Å². The zero-order valence-corrected chi connectivity index (χ0v) is 8.38. The van der Waals surface area contributed by atoms with Gasteiger partial charge < -0.3 is 5.73 Å². The Hall–Kier alpha value is -0.420. The van der Waals surface area contributed by atoms with Crippen LogP contribution in [-0.4, -0.2) is 16.3 Å². The van der Waals surface area contributed by atoms with Crippen LogP contribution in [-0.2, 0) is 6.54 Å². The van der Waals surface area contributed by atoms with E-state index in [1.807, 2.05) is 6.92 Å². The second-order valence-corrected chi connectivity index (χ2v) is 3.25. The minimum atomic E-state index is -1.14. The lowest BCUT2D eigenvalue weighted by Gasteiger charge is -2.08. The fourth-order valence-electron chi connectivity index (χ4n) is 1.05. The first-order chi connectivity index (χ1) is 5.70. The number of rotatable bonds is 3. The lowest BCUT2D eigenvalue weighted by molar-refractivity contribution is 0.328. The molecule has 3 nitrogen and oxygen atoms in total. The number of aryl methyl sites for hydroxylation is 1. The van der Waals surface area contributed by atoms with Gasteiger partial charge in [0, 0.05) is 13.1 Å². The van der Waals surface area contributed by atoms with Gasteiger partial charge in [-0.1, -0.05) is 0 Å². The summed E-state index contributed by atoms with van der Waals surface area (Å²) in [5.41, 5.74) is 5.75. The van der Waals surface area contributed by atoms with Gasteiger partial charge in [0.25, 0.3) is 0 Å². The molecule has 0 saturated heterocycles. The molecule has 0 fully saturated rings. The van der Waals surface area contributed by atoms with Crippen LogP contribution in [0.3, 0.4) is 0 Å².